The van der Waals surface area contributed by atoms with Crippen molar-refractivity contribution in [2.24, 2.45) is 0 Å². The number of ether oxygens (including phenoxy) is 3. The van der Waals surface area contributed by atoms with Gasteiger partial charge in [-0.15, -0.1) is 0 Å². The fraction of sp³-hybridized carbons (Fsp3) is 0.273. The number of halogens is 1. The van der Waals surface area contributed by atoms with Crippen LogP contribution in [0, 0.1) is 0 Å². The van der Waals surface area contributed by atoms with Crippen molar-refractivity contribution in [3.63, 3.8) is 0 Å². The summed E-state index contributed by atoms with van der Waals surface area (Å²) in [7, 11) is 1.56. The quantitative estimate of drug-likeness (QED) is 0.485. The molecular weight excluding hydrogens is 424 g/mol. The van der Waals surface area contributed by atoms with Crippen molar-refractivity contribution >= 4 is 34.9 Å². The van der Waals surface area contributed by atoms with Crippen molar-refractivity contribution in [2.45, 2.75) is 26.5 Å². The lowest BCUT2D eigenvalue weighted by atomic mass is 9.95. The van der Waals surface area contributed by atoms with Crippen LogP contribution >= 0.6 is 23.8 Å². The molecule has 0 saturated heterocycles. The first kappa shape index (κ1) is 21.9. The molecule has 8 heteroatoms. The molecule has 1 unspecified atom stereocenters. The highest BCUT2D eigenvalue weighted by Gasteiger charge is 2.31. The monoisotopic (exact) mass is 446 g/mol. The lowest BCUT2D eigenvalue weighted by molar-refractivity contribution is -0.139. The molecule has 2 aromatic carbocycles. The first-order valence-corrected chi connectivity index (χ1v) is 10.2. The zero-order chi connectivity index (χ0) is 21.7. The molecule has 1 heterocycles. The third-order valence-electron chi connectivity index (χ3n) is 4.63. The fourth-order valence-electron chi connectivity index (χ4n) is 3.18. The zero-order valence-corrected chi connectivity index (χ0v) is 18.5. The largest absolute Gasteiger partial charge is 0.493 e. The summed E-state index contributed by atoms with van der Waals surface area (Å²) in [6.45, 7) is 4.15. The molecule has 2 aromatic rings. The number of benzene rings is 2. The van der Waals surface area contributed by atoms with Crippen LogP contribution in [0.3, 0.4) is 0 Å². The van der Waals surface area contributed by atoms with Crippen molar-refractivity contribution in [1.82, 2.24) is 10.6 Å². The van der Waals surface area contributed by atoms with Crippen LogP contribution in [-0.4, -0.2) is 24.8 Å². The third kappa shape index (κ3) is 4.86. The minimum absolute atomic E-state index is 0.283. The van der Waals surface area contributed by atoms with Gasteiger partial charge in [0.05, 0.1) is 25.3 Å². The molecule has 30 heavy (non-hydrogen) atoms. The van der Waals surface area contributed by atoms with Crippen LogP contribution in [0.1, 0.15) is 31.0 Å². The highest BCUT2D eigenvalue weighted by atomic mass is 35.5. The van der Waals surface area contributed by atoms with Gasteiger partial charge in [-0.3, -0.25) is 0 Å². The van der Waals surface area contributed by atoms with E-state index in [0.717, 1.165) is 11.1 Å². The van der Waals surface area contributed by atoms with E-state index in [9.17, 15) is 4.79 Å². The predicted molar refractivity (Wildman–Crippen MR) is 120 cm³/mol. The smallest absolute Gasteiger partial charge is 0.338 e. The molecule has 1 aliphatic rings. The molecule has 0 saturated carbocycles. The first-order chi connectivity index (χ1) is 14.4. The molecule has 3 rings (SSSR count). The predicted octanol–water partition coefficient (Wildman–Crippen LogP) is 4.28. The molecule has 1 aliphatic heterocycles. The van der Waals surface area contributed by atoms with Gasteiger partial charge >= 0.3 is 5.97 Å². The second kappa shape index (κ2) is 9.82. The lowest BCUT2D eigenvalue weighted by Gasteiger charge is -2.30. The summed E-state index contributed by atoms with van der Waals surface area (Å²) in [4.78, 5) is 12.5. The Labute approximate surface area is 186 Å². The number of nitrogens with one attached hydrogen (secondary N) is 2. The number of rotatable bonds is 7. The topological polar surface area (TPSA) is 68.8 Å². The van der Waals surface area contributed by atoms with Gasteiger partial charge in [-0.05, 0) is 49.8 Å². The maximum Gasteiger partial charge on any atom is 0.338 e. The average molecular weight is 447 g/mol. The third-order valence-corrected chi connectivity index (χ3v) is 5.22. The molecular formula is C22H23ClN2O4S. The maximum atomic E-state index is 12.5. The maximum absolute atomic E-state index is 12.5. The molecule has 2 N–H and O–H groups in total. The van der Waals surface area contributed by atoms with Gasteiger partial charge < -0.3 is 24.8 Å². The van der Waals surface area contributed by atoms with Crippen LogP contribution < -0.4 is 20.1 Å². The van der Waals surface area contributed by atoms with E-state index in [2.05, 4.69) is 10.6 Å². The molecule has 0 aliphatic carbocycles. The number of carbonyl (C=O) groups is 1. The zero-order valence-electron chi connectivity index (χ0n) is 17.0. The van der Waals surface area contributed by atoms with Gasteiger partial charge in [-0.25, -0.2) is 4.79 Å². The minimum Gasteiger partial charge on any atom is -0.493 e. The summed E-state index contributed by atoms with van der Waals surface area (Å²) in [6.07, 6.45) is 0. The van der Waals surface area contributed by atoms with E-state index in [4.69, 9.17) is 38.0 Å². The summed E-state index contributed by atoms with van der Waals surface area (Å²) in [5, 5.41) is 7.19. The van der Waals surface area contributed by atoms with Crippen molar-refractivity contribution in [2.75, 3.05) is 13.7 Å². The summed E-state index contributed by atoms with van der Waals surface area (Å²) in [6, 6.07) is 12.5. The van der Waals surface area contributed by atoms with Gasteiger partial charge in [-0.2, -0.15) is 0 Å². The second-order valence-corrected chi connectivity index (χ2v) is 7.40. The molecule has 0 aromatic heterocycles. The Morgan fingerprint density at radius 2 is 1.97 bits per heavy atom. The van der Waals surface area contributed by atoms with Crippen molar-refractivity contribution < 1.29 is 19.0 Å². The van der Waals surface area contributed by atoms with E-state index in [-0.39, 0.29) is 6.61 Å². The van der Waals surface area contributed by atoms with Crippen molar-refractivity contribution in [1.29, 1.82) is 0 Å². The van der Waals surface area contributed by atoms with Gasteiger partial charge in [0.15, 0.2) is 16.6 Å². The summed E-state index contributed by atoms with van der Waals surface area (Å²) in [5.41, 5.74) is 2.79. The number of methoxy groups -OCH3 is 1. The number of allylic oxidation sites excluding steroid dienone is 1. The number of thiocarbonyl (C=S) groups is 1. The van der Waals surface area contributed by atoms with E-state index in [1.807, 2.05) is 36.4 Å². The van der Waals surface area contributed by atoms with E-state index in [1.54, 1.807) is 27.0 Å². The molecule has 158 valence electrons. The number of hydrogen-bond donors (Lipinski definition) is 2. The van der Waals surface area contributed by atoms with Gasteiger partial charge in [0.1, 0.15) is 6.61 Å². The van der Waals surface area contributed by atoms with Crippen LogP contribution in [0.5, 0.6) is 11.5 Å². The molecule has 0 radical (unpaired) electrons. The first-order valence-electron chi connectivity index (χ1n) is 9.44. The summed E-state index contributed by atoms with van der Waals surface area (Å²) in [5.74, 6) is 0.697. The fourth-order valence-corrected chi connectivity index (χ4v) is 3.64. The normalized spacial score (nSPS) is 15.9. The van der Waals surface area contributed by atoms with Gasteiger partial charge in [0, 0.05) is 16.3 Å². The van der Waals surface area contributed by atoms with Crippen molar-refractivity contribution in [3.8, 4) is 11.5 Å². The molecule has 0 spiro atoms. The van der Waals surface area contributed by atoms with Crippen LogP contribution in [0.25, 0.3) is 0 Å². The number of carbonyl (C=O) groups excluding carboxylic acids is 1. The SMILES string of the molecule is CCOC(=O)C1=C(C)NC(=S)NC1c1ccc(OCc2ccccc2Cl)c(OC)c1. The van der Waals surface area contributed by atoms with Gasteiger partial charge in [-0.1, -0.05) is 35.9 Å². The number of hydrogen-bond acceptors (Lipinski definition) is 5. The standard InChI is InChI=1S/C22H23ClN2O4S/c1-4-28-21(26)19-13(2)24-22(30)25-20(19)14-9-10-17(18(11-14)27-3)29-12-15-7-5-6-8-16(15)23/h5-11,20H,4,12H2,1-3H3,(H2,24,25,30). The minimum atomic E-state index is -0.468. The van der Waals surface area contributed by atoms with Gasteiger partial charge in [0.2, 0.25) is 0 Å². The molecule has 1 atom stereocenters. The van der Waals surface area contributed by atoms with E-state index < -0.39 is 12.0 Å². The Bertz CT molecular complexity index is 993. The summed E-state index contributed by atoms with van der Waals surface area (Å²) >= 11 is 11.5. The van der Waals surface area contributed by atoms with Crippen molar-refractivity contribution in [3.05, 3.63) is 69.9 Å². The molecule has 6 nitrogen and oxygen atoms in total. The van der Waals surface area contributed by atoms with E-state index in [0.29, 0.717) is 39.5 Å². The molecule has 0 bridgehead atoms. The van der Waals surface area contributed by atoms with Gasteiger partial charge in [0.25, 0.3) is 0 Å². The summed E-state index contributed by atoms with van der Waals surface area (Å²) < 4.78 is 16.7. The number of esters is 1. The molecule has 0 fully saturated rings. The highest BCUT2D eigenvalue weighted by Crippen LogP contribution is 2.35. The molecule has 0 amide bonds. The Kier molecular flexibility index (Phi) is 7.18. The Balaban J connectivity index is 1.89. The lowest BCUT2D eigenvalue weighted by Crippen LogP contribution is -2.45. The van der Waals surface area contributed by atoms with E-state index in [1.165, 1.54) is 0 Å². The Hall–Kier alpha value is -2.77. The van der Waals surface area contributed by atoms with Crippen LogP contribution in [0.4, 0.5) is 0 Å². The Morgan fingerprint density at radius 3 is 2.67 bits per heavy atom. The average Bonchev–Trinajstić information content (AvgIpc) is 2.72. The van der Waals surface area contributed by atoms with Crippen LogP contribution in [-0.2, 0) is 16.1 Å². The van der Waals surface area contributed by atoms with E-state index >= 15 is 0 Å². The van der Waals surface area contributed by atoms with Crippen LogP contribution in [0.2, 0.25) is 5.02 Å². The van der Waals surface area contributed by atoms with Crippen LogP contribution in [0.15, 0.2) is 53.7 Å². The second-order valence-electron chi connectivity index (χ2n) is 6.58. The highest BCUT2D eigenvalue weighted by molar-refractivity contribution is 7.80. The Morgan fingerprint density at radius 1 is 1.20 bits per heavy atom.